The molecule has 0 saturated carbocycles. The molecule has 1 aromatic heterocycles. The van der Waals surface area contributed by atoms with Gasteiger partial charge in [-0.25, -0.2) is 0 Å². The van der Waals surface area contributed by atoms with Crippen LogP contribution in [0, 0.1) is 6.92 Å². The lowest BCUT2D eigenvalue weighted by Gasteiger charge is -2.15. The molecule has 1 heterocycles. The first kappa shape index (κ1) is 22.2. The Morgan fingerprint density at radius 2 is 1.90 bits per heavy atom. The minimum Gasteiger partial charge on any atom is -0.325 e. The van der Waals surface area contributed by atoms with Crippen molar-refractivity contribution in [2.75, 3.05) is 5.32 Å². The number of anilines is 1. The van der Waals surface area contributed by atoms with Crippen LogP contribution in [0.5, 0.6) is 0 Å². The highest BCUT2D eigenvalue weighted by molar-refractivity contribution is 8.00. The molecule has 0 saturated heterocycles. The summed E-state index contributed by atoms with van der Waals surface area (Å²) < 4.78 is 40.9. The molecule has 1 atom stereocenters. The zero-order valence-electron chi connectivity index (χ0n) is 16.1. The number of carbonyl (C=O) groups is 1. The van der Waals surface area contributed by atoms with Crippen LogP contribution >= 0.6 is 23.4 Å². The molecule has 0 spiro atoms. The third-order valence-electron chi connectivity index (χ3n) is 4.28. The summed E-state index contributed by atoms with van der Waals surface area (Å²) in [5.74, 6) is 0.240. The van der Waals surface area contributed by atoms with Gasteiger partial charge in [0.05, 0.1) is 22.4 Å². The number of nitrogens with zero attached hydrogens (tertiary/aromatic N) is 3. The smallest absolute Gasteiger partial charge is 0.325 e. The molecular formula is C20H18ClF3N4OS. The molecule has 0 aliphatic heterocycles. The van der Waals surface area contributed by atoms with Crippen molar-refractivity contribution in [1.82, 2.24) is 14.8 Å². The molecule has 2 aromatic carbocycles. The number of amides is 1. The van der Waals surface area contributed by atoms with E-state index in [0.717, 1.165) is 17.7 Å². The summed E-state index contributed by atoms with van der Waals surface area (Å²) in [6, 6.07) is 13.0. The molecule has 0 fully saturated rings. The SMILES string of the molecule is Cc1nnc(SC(C)C(=O)Nc2ccc(Cl)c(C(F)(F)F)c2)n1Cc1ccccc1. The van der Waals surface area contributed by atoms with Gasteiger partial charge in [0.25, 0.3) is 0 Å². The summed E-state index contributed by atoms with van der Waals surface area (Å²) in [6.07, 6.45) is -4.61. The standard InChI is InChI=1S/C20H18ClF3N4OS/c1-12(18(29)25-15-8-9-17(21)16(10-15)20(22,23)24)30-19-27-26-13(2)28(19)11-14-6-4-3-5-7-14/h3-10,12H,11H2,1-2H3,(H,25,29). The lowest BCUT2D eigenvalue weighted by atomic mass is 10.2. The van der Waals surface area contributed by atoms with Gasteiger partial charge in [-0.05, 0) is 37.6 Å². The van der Waals surface area contributed by atoms with E-state index in [1.54, 1.807) is 6.92 Å². The second-order valence-electron chi connectivity index (χ2n) is 6.54. The topological polar surface area (TPSA) is 59.8 Å². The van der Waals surface area contributed by atoms with E-state index in [4.69, 9.17) is 11.6 Å². The van der Waals surface area contributed by atoms with Crippen LogP contribution in [0.15, 0.2) is 53.7 Å². The number of aromatic nitrogens is 3. The molecule has 1 amide bonds. The maximum absolute atomic E-state index is 13.0. The minimum atomic E-state index is -4.61. The summed E-state index contributed by atoms with van der Waals surface area (Å²) in [7, 11) is 0. The quantitative estimate of drug-likeness (QED) is 0.505. The number of carbonyl (C=O) groups excluding carboxylic acids is 1. The van der Waals surface area contributed by atoms with E-state index < -0.39 is 27.9 Å². The van der Waals surface area contributed by atoms with Gasteiger partial charge >= 0.3 is 6.18 Å². The second-order valence-corrected chi connectivity index (χ2v) is 8.26. The molecule has 30 heavy (non-hydrogen) atoms. The Balaban J connectivity index is 1.71. The molecule has 0 aliphatic carbocycles. The number of hydrogen-bond donors (Lipinski definition) is 1. The fraction of sp³-hybridized carbons (Fsp3) is 0.250. The lowest BCUT2D eigenvalue weighted by molar-refractivity contribution is -0.137. The van der Waals surface area contributed by atoms with Crippen molar-refractivity contribution in [2.24, 2.45) is 0 Å². The Labute approximate surface area is 180 Å². The number of alkyl halides is 3. The zero-order valence-corrected chi connectivity index (χ0v) is 17.6. The largest absolute Gasteiger partial charge is 0.417 e. The Morgan fingerprint density at radius 1 is 1.20 bits per heavy atom. The number of thioether (sulfide) groups is 1. The van der Waals surface area contributed by atoms with E-state index in [1.165, 1.54) is 17.8 Å². The average molecular weight is 455 g/mol. The molecule has 3 rings (SSSR count). The van der Waals surface area contributed by atoms with Crippen molar-refractivity contribution >= 4 is 35.0 Å². The molecule has 0 bridgehead atoms. The van der Waals surface area contributed by atoms with Crippen LogP contribution < -0.4 is 5.32 Å². The van der Waals surface area contributed by atoms with Gasteiger partial charge < -0.3 is 9.88 Å². The monoisotopic (exact) mass is 454 g/mol. The van der Waals surface area contributed by atoms with Crippen LogP contribution in [0.4, 0.5) is 18.9 Å². The molecule has 158 valence electrons. The number of nitrogens with one attached hydrogen (secondary N) is 1. The van der Waals surface area contributed by atoms with Gasteiger partial charge in [0.1, 0.15) is 5.82 Å². The van der Waals surface area contributed by atoms with Gasteiger partial charge in [0.2, 0.25) is 5.91 Å². The van der Waals surface area contributed by atoms with Crippen molar-refractivity contribution in [1.29, 1.82) is 0 Å². The van der Waals surface area contributed by atoms with Crippen molar-refractivity contribution < 1.29 is 18.0 Å². The van der Waals surface area contributed by atoms with Gasteiger partial charge in [-0.2, -0.15) is 13.2 Å². The van der Waals surface area contributed by atoms with Crippen LogP contribution in [0.2, 0.25) is 5.02 Å². The van der Waals surface area contributed by atoms with Gasteiger partial charge in [0.15, 0.2) is 5.16 Å². The fourth-order valence-corrected chi connectivity index (χ4v) is 3.79. The number of hydrogen-bond acceptors (Lipinski definition) is 4. The molecule has 1 unspecified atom stereocenters. The summed E-state index contributed by atoms with van der Waals surface area (Å²) in [5, 5.41) is 10.2. The van der Waals surface area contributed by atoms with E-state index in [9.17, 15) is 18.0 Å². The average Bonchev–Trinajstić information content (AvgIpc) is 3.02. The first-order chi connectivity index (χ1) is 14.1. The van der Waals surface area contributed by atoms with E-state index in [0.29, 0.717) is 17.5 Å². The first-order valence-electron chi connectivity index (χ1n) is 8.93. The summed E-state index contributed by atoms with van der Waals surface area (Å²) in [6.45, 7) is 4.01. The maximum atomic E-state index is 13.0. The molecule has 0 radical (unpaired) electrons. The number of rotatable bonds is 6. The fourth-order valence-electron chi connectivity index (χ4n) is 2.67. The van der Waals surface area contributed by atoms with Gasteiger partial charge in [-0.3, -0.25) is 4.79 Å². The Bertz CT molecular complexity index is 1040. The predicted molar refractivity (Wildman–Crippen MR) is 111 cm³/mol. The highest BCUT2D eigenvalue weighted by atomic mass is 35.5. The predicted octanol–water partition coefficient (Wildman–Crippen LogP) is 5.43. The minimum absolute atomic E-state index is 0.0195. The Kier molecular flexibility index (Phi) is 6.72. The Morgan fingerprint density at radius 3 is 2.57 bits per heavy atom. The molecule has 0 aliphatic rings. The summed E-state index contributed by atoms with van der Waals surface area (Å²) >= 11 is 6.80. The molecule has 3 aromatic rings. The van der Waals surface area contributed by atoms with Crippen LogP contribution in [0.25, 0.3) is 0 Å². The third-order valence-corrected chi connectivity index (χ3v) is 5.69. The highest BCUT2D eigenvalue weighted by Gasteiger charge is 2.33. The first-order valence-corrected chi connectivity index (χ1v) is 10.2. The molecule has 5 nitrogen and oxygen atoms in total. The van der Waals surface area contributed by atoms with Gasteiger partial charge in [-0.1, -0.05) is 53.7 Å². The van der Waals surface area contributed by atoms with E-state index in [-0.39, 0.29) is 5.69 Å². The molecule has 1 N–H and O–H groups in total. The van der Waals surface area contributed by atoms with E-state index >= 15 is 0 Å². The summed E-state index contributed by atoms with van der Waals surface area (Å²) in [4.78, 5) is 12.5. The van der Waals surface area contributed by atoms with E-state index in [2.05, 4.69) is 15.5 Å². The maximum Gasteiger partial charge on any atom is 0.417 e. The van der Waals surface area contributed by atoms with Crippen molar-refractivity contribution in [3.05, 3.63) is 70.5 Å². The van der Waals surface area contributed by atoms with Gasteiger partial charge in [0, 0.05) is 5.69 Å². The van der Waals surface area contributed by atoms with Crippen molar-refractivity contribution in [3.63, 3.8) is 0 Å². The normalized spacial score (nSPS) is 12.6. The molecular weight excluding hydrogens is 437 g/mol. The second kappa shape index (κ2) is 9.09. The van der Waals surface area contributed by atoms with Crippen LogP contribution in [-0.2, 0) is 17.5 Å². The number of halogens is 4. The van der Waals surface area contributed by atoms with Crippen LogP contribution in [-0.4, -0.2) is 25.9 Å². The van der Waals surface area contributed by atoms with E-state index in [1.807, 2.05) is 41.8 Å². The third kappa shape index (κ3) is 5.34. The van der Waals surface area contributed by atoms with Crippen molar-refractivity contribution in [3.8, 4) is 0 Å². The molecule has 10 heteroatoms. The summed E-state index contributed by atoms with van der Waals surface area (Å²) in [5.41, 5.74) is 0.0757. The number of benzene rings is 2. The highest BCUT2D eigenvalue weighted by Crippen LogP contribution is 2.36. The van der Waals surface area contributed by atoms with Crippen molar-refractivity contribution in [2.45, 2.75) is 37.0 Å². The van der Waals surface area contributed by atoms with Crippen LogP contribution in [0.3, 0.4) is 0 Å². The number of aryl methyl sites for hydroxylation is 1. The Hall–Kier alpha value is -2.52. The lowest BCUT2D eigenvalue weighted by Crippen LogP contribution is -2.23. The van der Waals surface area contributed by atoms with Crippen LogP contribution in [0.1, 0.15) is 23.9 Å². The zero-order chi connectivity index (χ0) is 21.9. The van der Waals surface area contributed by atoms with Gasteiger partial charge in [-0.15, -0.1) is 10.2 Å².